The molecule has 0 atom stereocenters. The maximum absolute atomic E-state index is 10.7. The van der Waals surface area contributed by atoms with Gasteiger partial charge in [-0.25, -0.2) is 0 Å². The first kappa shape index (κ1) is 12.5. The number of nitrogens with one attached hydrogen (secondary N) is 1. The van der Waals surface area contributed by atoms with E-state index in [9.17, 15) is 4.79 Å². The van der Waals surface area contributed by atoms with Crippen LogP contribution in [0.25, 0.3) is 0 Å². The average molecular weight is 213 g/mol. The molecule has 1 fully saturated rings. The molecule has 0 radical (unpaired) electrons. The van der Waals surface area contributed by atoms with Gasteiger partial charge in [-0.2, -0.15) is 0 Å². The highest BCUT2D eigenvalue weighted by molar-refractivity contribution is 5.72. The fraction of sp³-hybridized carbons (Fsp3) is 0.909. The van der Waals surface area contributed by atoms with Gasteiger partial charge in [0.2, 0.25) is 5.91 Å². The number of carbonyl (C=O) groups excluding carboxylic acids is 1. The molecule has 4 nitrogen and oxygen atoms in total. The lowest BCUT2D eigenvalue weighted by atomic mass is 9.91. The van der Waals surface area contributed by atoms with Crippen molar-refractivity contribution in [3.8, 4) is 0 Å². The van der Waals surface area contributed by atoms with Crippen LogP contribution in [-0.4, -0.2) is 43.0 Å². The van der Waals surface area contributed by atoms with Crippen molar-refractivity contribution in [3.05, 3.63) is 0 Å². The standard InChI is InChI=1S/C11H23N3O/c1-9(15)13-7-8-14(2)11-5-3-10(12)4-6-11/h10-11H,3-8,12H2,1-2H3,(H,13,15). The van der Waals surface area contributed by atoms with Gasteiger partial charge < -0.3 is 16.0 Å². The van der Waals surface area contributed by atoms with E-state index in [0.29, 0.717) is 12.1 Å². The molecule has 15 heavy (non-hydrogen) atoms. The minimum Gasteiger partial charge on any atom is -0.355 e. The highest BCUT2D eigenvalue weighted by Crippen LogP contribution is 2.20. The summed E-state index contributed by atoms with van der Waals surface area (Å²) in [6, 6.07) is 1.06. The second-order valence-corrected chi connectivity index (χ2v) is 4.53. The van der Waals surface area contributed by atoms with Gasteiger partial charge in [-0.1, -0.05) is 0 Å². The molecule has 0 aromatic carbocycles. The second kappa shape index (κ2) is 6.08. The van der Waals surface area contributed by atoms with Gasteiger partial charge in [0.15, 0.2) is 0 Å². The molecule has 88 valence electrons. The van der Waals surface area contributed by atoms with Crippen LogP contribution in [0.5, 0.6) is 0 Å². The average Bonchev–Trinajstić information content (AvgIpc) is 2.18. The molecule has 0 bridgehead atoms. The topological polar surface area (TPSA) is 58.4 Å². The first-order chi connectivity index (χ1) is 7.09. The highest BCUT2D eigenvalue weighted by atomic mass is 16.1. The summed E-state index contributed by atoms with van der Waals surface area (Å²) < 4.78 is 0. The summed E-state index contributed by atoms with van der Waals surface area (Å²) in [5.74, 6) is 0.0501. The molecule has 0 aromatic rings. The number of nitrogens with zero attached hydrogens (tertiary/aromatic N) is 1. The SMILES string of the molecule is CC(=O)NCCN(C)C1CCC(N)CC1. The van der Waals surface area contributed by atoms with E-state index in [-0.39, 0.29) is 5.91 Å². The van der Waals surface area contributed by atoms with Crippen molar-refractivity contribution in [1.82, 2.24) is 10.2 Å². The number of hydrogen-bond acceptors (Lipinski definition) is 3. The van der Waals surface area contributed by atoms with Crippen molar-refractivity contribution in [2.45, 2.75) is 44.7 Å². The maximum atomic E-state index is 10.7. The number of rotatable bonds is 4. The maximum Gasteiger partial charge on any atom is 0.216 e. The summed E-state index contributed by atoms with van der Waals surface area (Å²) in [5, 5.41) is 2.82. The zero-order valence-electron chi connectivity index (χ0n) is 9.83. The van der Waals surface area contributed by atoms with Gasteiger partial charge in [0.05, 0.1) is 0 Å². The van der Waals surface area contributed by atoms with Crippen molar-refractivity contribution in [2.75, 3.05) is 20.1 Å². The van der Waals surface area contributed by atoms with Crippen LogP contribution in [0.4, 0.5) is 0 Å². The summed E-state index contributed by atoms with van der Waals surface area (Å²) in [4.78, 5) is 13.0. The molecule has 0 aromatic heterocycles. The van der Waals surface area contributed by atoms with Crippen molar-refractivity contribution in [1.29, 1.82) is 0 Å². The summed E-state index contributed by atoms with van der Waals surface area (Å²) >= 11 is 0. The lowest BCUT2D eigenvalue weighted by molar-refractivity contribution is -0.119. The first-order valence-corrected chi connectivity index (χ1v) is 5.80. The molecule has 1 saturated carbocycles. The van der Waals surface area contributed by atoms with E-state index in [4.69, 9.17) is 5.73 Å². The molecule has 1 aliphatic rings. The number of amides is 1. The third-order valence-electron chi connectivity index (χ3n) is 3.20. The Hall–Kier alpha value is -0.610. The molecule has 1 rings (SSSR count). The molecular weight excluding hydrogens is 190 g/mol. The Bertz CT molecular complexity index is 200. The van der Waals surface area contributed by atoms with Crippen LogP contribution >= 0.6 is 0 Å². The highest BCUT2D eigenvalue weighted by Gasteiger charge is 2.21. The Morgan fingerprint density at radius 1 is 1.40 bits per heavy atom. The van der Waals surface area contributed by atoms with Gasteiger partial charge in [-0.3, -0.25) is 4.79 Å². The molecule has 0 heterocycles. The third-order valence-corrected chi connectivity index (χ3v) is 3.20. The summed E-state index contributed by atoms with van der Waals surface area (Å²) in [6.45, 7) is 3.23. The first-order valence-electron chi connectivity index (χ1n) is 5.80. The quantitative estimate of drug-likeness (QED) is 0.707. The predicted molar refractivity (Wildman–Crippen MR) is 61.5 cm³/mol. The largest absolute Gasteiger partial charge is 0.355 e. The van der Waals surface area contributed by atoms with Crippen molar-refractivity contribution in [2.24, 2.45) is 5.73 Å². The molecule has 0 saturated heterocycles. The van der Waals surface area contributed by atoms with Crippen molar-refractivity contribution >= 4 is 5.91 Å². The van der Waals surface area contributed by atoms with Crippen molar-refractivity contribution < 1.29 is 4.79 Å². The Kier molecular flexibility index (Phi) is 5.05. The van der Waals surface area contributed by atoms with E-state index in [1.54, 1.807) is 6.92 Å². The zero-order chi connectivity index (χ0) is 11.3. The van der Waals surface area contributed by atoms with E-state index in [1.165, 1.54) is 12.8 Å². The Morgan fingerprint density at radius 3 is 2.53 bits per heavy atom. The van der Waals surface area contributed by atoms with Crippen LogP contribution in [0.1, 0.15) is 32.6 Å². The van der Waals surface area contributed by atoms with E-state index >= 15 is 0 Å². The van der Waals surface area contributed by atoms with E-state index < -0.39 is 0 Å². The molecule has 1 amide bonds. The zero-order valence-corrected chi connectivity index (χ0v) is 9.83. The van der Waals surface area contributed by atoms with Crippen LogP contribution < -0.4 is 11.1 Å². The fourth-order valence-corrected chi connectivity index (χ4v) is 2.13. The number of nitrogens with two attached hydrogens (primary N) is 1. The lowest BCUT2D eigenvalue weighted by Crippen LogP contribution is -2.41. The molecule has 0 unspecified atom stereocenters. The van der Waals surface area contributed by atoms with Gasteiger partial charge in [0, 0.05) is 32.1 Å². The van der Waals surface area contributed by atoms with Gasteiger partial charge in [-0.05, 0) is 32.7 Å². The Balaban J connectivity index is 2.16. The fourth-order valence-electron chi connectivity index (χ4n) is 2.13. The molecule has 0 aliphatic heterocycles. The Labute approximate surface area is 92.2 Å². The summed E-state index contributed by atoms with van der Waals surface area (Å²) in [7, 11) is 2.13. The normalized spacial score (nSPS) is 26.7. The van der Waals surface area contributed by atoms with Gasteiger partial charge in [0.25, 0.3) is 0 Å². The monoisotopic (exact) mass is 213 g/mol. The number of hydrogen-bond donors (Lipinski definition) is 2. The third kappa shape index (κ3) is 4.62. The van der Waals surface area contributed by atoms with Crippen LogP contribution in [0, 0.1) is 0 Å². The van der Waals surface area contributed by atoms with Crippen LogP contribution in [0.2, 0.25) is 0 Å². The van der Waals surface area contributed by atoms with E-state index in [1.807, 2.05) is 0 Å². The van der Waals surface area contributed by atoms with Gasteiger partial charge in [-0.15, -0.1) is 0 Å². The predicted octanol–water partition coefficient (Wildman–Crippen LogP) is 0.324. The number of likely N-dealkylation sites (N-methyl/N-ethyl adjacent to an activating group) is 1. The second-order valence-electron chi connectivity index (χ2n) is 4.53. The molecule has 0 spiro atoms. The van der Waals surface area contributed by atoms with E-state index in [2.05, 4.69) is 17.3 Å². The Morgan fingerprint density at radius 2 is 2.00 bits per heavy atom. The minimum atomic E-state index is 0.0501. The molecule has 3 N–H and O–H groups in total. The summed E-state index contributed by atoms with van der Waals surface area (Å²) in [6.07, 6.45) is 4.65. The molecule has 1 aliphatic carbocycles. The summed E-state index contributed by atoms with van der Waals surface area (Å²) in [5.41, 5.74) is 5.86. The van der Waals surface area contributed by atoms with Gasteiger partial charge in [0.1, 0.15) is 0 Å². The van der Waals surface area contributed by atoms with Crippen molar-refractivity contribution in [3.63, 3.8) is 0 Å². The van der Waals surface area contributed by atoms with Crippen LogP contribution in [-0.2, 0) is 4.79 Å². The van der Waals surface area contributed by atoms with E-state index in [0.717, 1.165) is 25.9 Å². The molecule has 4 heteroatoms. The number of carbonyl (C=O) groups is 1. The minimum absolute atomic E-state index is 0.0501. The smallest absolute Gasteiger partial charge is 0.216 e. The van der Waals surface area contributed by atoms with Crippen LogP contribution in [0.15, 0.2) is 0 Å². The lowest BCUT2D eigenvalue weighted by Gasteiger charge is -2.33. The van der Waals surface area contributed by atoms with Crippen LogP contribution in [0.3, 0.4) is 0 Å². The van der Waals surface area contributed by atoms with Gasteiger partial charge >= 0.3 is 0 Å². The molecular formula is C11H23N3O.